The molecule has 1 rings (SSSR count). The maximum atomic E-state index is 12.3. The molecule has 0 aromatic carbocycles. The summed E-state index contributed by atoms with van der Waals surface area (Å²) in [6.07, 6.45) is 1.16. The number of unbranched alkanes of at least 4 members (excludes halogenated alkanes) is 1. The SMILES string of the molecule is C[C@H]1C(=O)N(CCCCOCO)CCN1C(=O)OC(C)(C)C. The van der Waals surface area contributed by atoms with Crippen LogP contribution in [0.5, 0.6) is 0 Å². The van der Waals surface area contributed by atoms with E-state index in [0.29, 0.717) is 26.2 Å². The molecule has 1 atom stereocenters. The van der Waals surface area contributed by atoms with Crippen molar-refractivity contribution in [2.45, 2.75) is 52.2 Å². The maximum Gasteiger partial charge on any atom is 0.411 e. The Morgan fingerprint density at radius 3 is 2.59 bits per heavy atom. The van der Waals surface area contributed by atoms with E-state index >= 15 is 0 Å². The molecule has 1 aliphatic rings. The second kappa shape index (κ2) is 8.33. The quantitative estimate of drug-likeness (QED) is 0.588. The Morgan fingerprint density at radius 1 is 1.32 bits per heavy atom. The number of aliphatic hydroxyl groups is 1. The van der Waals surface area contributed by atoms with E-state index in [2.05, 4.69) is 0 Å². The Balaban J connectivity index is 2.44. The van der Waals surface area contributed by atoms with E-state index in [-0.39, 0.29) is 12.7 Å². The van der Waals surface area contributed by atoms with E-state index in [4.69, 9.17) is 14.6 Å². The van der Waals surface area contributed by atoms with Crippen LogP contribution < -0.4 is 0 Å². The van der Waals surface area contributed by atoms with Crippen molar-refractivity contribution in [1.29, 1.82) is 0 Å². The third-order valence-electron chi connectivity index (χ3n) is 3.43. The number of hydrogen-bond acceptors (Lipinski definition) is 5. The van der Waals surface area contributed by atoms with Gasteiger partial charge in [-0.25, -0.2) is 4.79 Å². The second-order valence-electron chi connectivity index (χ2n) is 6.42. The van der Waals surface area contributed by atoms with Crippen molar-refractivity contribution in [2.24, 2.45) is 0 Å². The van der Waals surface area contributed by atoms with Gasteiger partial charge >= 0.3 is 6.09 Å². The van der Waals surface area contributed by atoms with Crippen LogP contribution in [0.4, 0.5) is 4.79 Å². The number of hydrogen-bond donors (Lipinski definition) is 1. The Kier molecular flexibility index (Phi) is 7.09. The molecule has 0 radical (unpaired) electrons. The average molecular weight is 316 g/mol. The van der Waals surface area contributed by atoms with Crippen molar-refractivity contribution >= 4 is 12.0 Å². The summed E-state index contributed by atoms with van der Waals surface area (Å²) in [4.78, 5) is 27.7. The Labute approximate surface area is 132 Å². The molecular weight excluding hydrogens is 288 g/mol. The first-order chi connectivity index (χ1) is 10.3. The minimum absolute atomic E-state index is 0.0554. The van der Waals surface area contributed by atoms with E-state index in [9.17, 15) is 9.59 Å². The van der Waals surface area contributed by atoms with Crippen LogP contribution in [0.15, 0.2) is 0 Å². The summed E-state index contributed by atoms with van der Waals surface area (Å²) in [5.41, 5.74) is -0.566. The number of ether oxygens (including phenoxy) is 2. The highest BCUT2D eigenvalue weighted by molar-refractivity contribution is 5.86. The zero-order chi connectivity index (χ0) is 16.8. The van der Waals surface area contributed by atoms with Gasteiger partial charge < -0.3 is 19.5 Å². The number of carbonyl (C=O) groups is 2. The molecule has 0 unspecified atom stereocenters. The monoisotopic (exact) mass is 316 g/mol. The van der Waals surface area contributed by atoms with Crippen LogP contribution in [-0.4, -0.2) is 71.6 Å². The molecule has 128 valence electrons. The van der Waals surface area contributed by atoms with Crippen molar-refractivity contribution in [3.63, 3.8) is 0 Å². The van der Waals surface area contributed by atoms with E-state index in [1.165, 1.54) is 4.90 Å². The fourth-order valence-corrected chi connectivity index (χ4v) is 2.29. The highest BCUT2D eigenvalue weighted by Gasteiger charge is 2.36. The first-order valence-corrected chi connectivity index (χ1v) is 7.73. The number of carbonyl (C=O) groups excluding carboxylic acids is 2. The molecule has 0 aromatic rings. The molecule has 2 amide bonds. The second-order valence-corrected chi connectivity index (χ2v) is 6.42. The first kappa shape index (κ1) is 18.7. The van der Waals surface area contributed by atoms with Crippen LogP contribution in [0, 0.1) is 0 Å². The van der Waals surface area contributed by atoms with Gasteiger partial charge in [-0.2, -0.15) is 0 Å². The minimum Gasteiger partial charge on any atom is -0.444 e. The van der Waals surface area contributed by atoms with Gasteiger partial charge in [0.1, 0.15) is 18.4 Å². The lowest BCUT2D eigenvalue weighted by Gasteiger charge is -2.39. The van der Waals surface area contributed by atoms with Gasteiger partial charge in [-0.15, -0.1) is 0 Å². The highest BCUT2D eigenvalue weighted by atomic mass is 16.6. The highest BCUT2D eigenvalue weighted by Crippen LogP contribution is 2.17. The van der Waals surface area contributed by atoms with Crippen molar-refractivity contribution in [3.05, 3.63) is 0 Å². The molecule has 1 N–H and O–H groups in total. The predicted molar refractivity (Wildman–Crippen MR) is 81.3 cm³/mol. The van der Waals surface area contributed by atoms with Gasteiger partial charge in [-0.1, -0.05) is 0 Å². The zero-order valence-electron chi connectivity index (χ0n) is 14.0. The van der Waals surface area contributed by atoms with Crippen LogP contribution in [0.2, 0.25) is 0 Å². The Hall–Kier alpha value is -1.34. The van der Waals surface area contributed by atoms with Gasteiger partial charge in [0.25, 0.3) is 0 Å². The number of nitrogens with zero attached hydrogens (tertiary/aromatic N) is 2. The summed E-state index contributed by atoms with van der Waals surface area (Å²) < 4.78 is 10.2. The van der Waals surface area contributed by atoms with Crippen molar-refractivity contribution in [2.75, 3.05) is 33.0 Å². The fraction of sp³-hybridized carbons (Fsp3) is 0.867. The average Bonchev–Trinajstić information content (AvgIpc) is 2.41. The lowest BCUT2D eigenvalue weighted by atomic mass is 10.1. The summed E-state index contributed by atoms with van der Waals surface area (Å²) >= 11 is 0. The standard InChI is InChI=1S/C15H28N2O5/c1-12-13(19)16(7-5-6-10-21-11-18)8-9-17(12)14(20)22-15(2,3)4/h12,18H,5-11H2,1-4H3/t12-/m0/s1. The molecule has 0 saturated carbocycles. The van der Waals surface area contributed by atoms with Crippen LogP contribution in [0.1, 0.15) is 40.5 Å². The van der Waals surface area contributed by atoms with E-state index in [1.807, 2.05) is 20.8 Å². The van der Waals surface area contributed by atoms with Crippen LogP contribution in [-0.2, 0) is 14.3 Å². The first-order valence-electron chi connectivity index (χ1n) is 7.73. The number of piperazine rings is 1. The molecular formula is C15H28N2O5. The third-order valence-corrected chi connectivity index (χ3v) is 3.43. The van der Waals surface area contributed by atoms with Crippen molar-refractivity contribution in [1.82, 2.24) is 9.80 Å². The van der Waals surface area contributed by atoms with E-state index < -0.39 is 17.7 Å². The number of aliphatic hydroxyl groups excluding tert-OH is 1. The van der Waals surface area contributed by atoms with Crippen LogP contribution in [0.25, 0.3) is 0 Å². The smallest absolute Gasteiger partial charge is 0.411 e. The normalized spacial score (nSPS) is 19.5. The number of amides is 2. The lowest BCUT2D eigenvalue weighted by Crippen LogP contribution is -2.58. The van der Waals surface area contributed by atoms with E-state index in [0.717, 1.165) is 12.8 Å². The fourth-order valence-electron chi connectivity index (χ4n) is 2.29. The molecule has 1 aliphatic heterocycles. The van der Waals surface area contributed by atoms with Gasteiger partial charge in [0.2, 0.25) is 5.91 Å². The number of rotatable bonds is 6. The predicted octanol–water partition coefficient (Wildman–Crippen LogP) is 1.20. The van der Waals surface area contributed by atoms with Gasteiger partial charge in [0.15, 0.2) is 0 Å². The summed E-state index contributed by atoms with van der Waals surface area (Å²) in [6, 6.07) is -0.503. The summed E-state index contributed by atoms with van der Waals surface area (Å²) in [6.45, 7) is 9.00. The maximum absolute atomic E-state index is 12.3. The molecule has 7 nitrogen and oxygen atoms in total. The molecule has 1 fully saturated rings. The molecule has 0 aliphatic carbocycles. The van der Waals surface area contributed by atoms with Crippen LogP contribution in [0.3, 0.4) is 0 Å². The minimum atomic E-state index is -0.566. The largest absolute Gasteiger partial charge is 0.444 e. The molecule has 0 bridgehead atoms. The lowest BCUT2D eigenvalue weighted by molar-refractivity contribution is -0.140. The molecule has 22 heavy (non-hydrogen) atoms. The van der Waals surface area contributed by atoms with Gasteiger partial charge in [0.05, 0.1) is 0 Å². The van der Waals surface area contributed by atoms with Crippen LogP contribution >= 0.6 is 0 Å². The summed E-state index contributed by atoms with van der Waals surface area (Å²) in [5.74, 6) is -0.0554. The van der Waals surface area contributed by atoms with Gasteiger partial charge in [-0.3, -0.25) is 9.69 Å². The van der Waals surface area contributed by atoms with Gasteiger partial charge in [0, 0.05) is 26.2 Å². The van der Waals surface area contributed by atoms with E-state index in [1.54, 1.807) is 11.8 Å². The summed E-state index contributed by atoms with van der Waals surface area (Å²) in [5, 5.41) is 8.52. The Bertz CT molecular complexity index is 381. The molecule has 7 heteroatoms. The summed E-state index contributed by atoms with van der Waals surface area (Å²) in [7, 11) is 0. The molecule has 1 heterocycles. The van der Waals surface area contributed by atoms with Gasteiger partial charge in [-0.05, 0) is 40.5 Å². The van der Waals surface area contributed by atoms with Crippen molar-refractivity contribution in [3.8, 4) is 0 Å². The van der Waals surface area contributed by atoms with Crippen molar-refractivity contribution < 1.29 is 24.2 Å². The topological polar surface area (TPSA) is 79.3 Å². The third kappa shape index (κ3) is 5.81. The zero-order valence-corrected chi connectivity index (χ0v) is 14.0. The molecule has 1 saturated heterocycles. The Morgan fingerprint density at radius 2 is 2.00 bits per heavy atom. The molecule has 0 spiro atoms. The molecule has 0 aromatic heterocycles.